The lowest BCUT2D eigenvalue weighted by Crippen LogP contribution is -2.17. The van der Waals surface area contributed by atoms with Crippen LogP contribution in [-0.4, -0.2) is 18.7 Å². The predicted octanol–water partition coefficient (Wildman–Crippen LogP) is 11.5. The first-order valence-corrected chi connectivity index (χ1v) is 16.9. The molecule has 2 atom stereocenters. The summed E-state index contributed by atoms with van der Waals surface area (Å²) in [5.74, 6) is 0.722. The molecule has 0 saturated carbocycles. The van der Waals surface area contributed by atoms with Crippen molar-refractivity contribution in [3.63, 3.8) is 0 Å². The maximum Gasteiger partial charge on any atom is 0.343 e. The molecule has 0 bridgehead atoms. The number of carbonyl (C=O) groups excluding carboxylic acids is 1. The van der Waals surface area contributed by atoms with Gasteiger partial charge in [-0.05, 0) is 73.6 Å². The third kappa shape index (κ3) is 12.2. The zero-order chi connectivity index (χ0) is 30.7. The van der Waals surface area contributed by atoms with Gasteiger partial charge in [0.15, 0.2) is 11.5 Å². The first-order chi connectivity index (χ1) is 21.0. The molecule has 0 fully saturated rings. The number of para-hydroxylation sites is 2. The van der Waals surface area contributed by atoms with E-state index in [9.17, 15) is 4.79 Å². The number of hydrogen-bond donors (Lipinski definition) is 0. The van der Waals surface area contributed by atoms with Crippen LogP contribution < -0.4 is 9.47 Å². The van der Waals surface area contributed by atoms with Crippen molar-refractivity contribution in [1.29, 1.82) is 0 Å². The largest absolute Gasteiger partial charge is 0.487 e. The van der Waals surface area contributed by atoms with E-state index >= 15 is 0 Å². The van der Waals surface area contributed by atoms with Gasteiger partial charge in [-0.1, -0.05) is 127 Å². The Morgan fingerprint density at radius 2 is 1.21 bits per heavy atom. The molecule has 0 spiro atoms. The van der Waals surface area contributed by atoms with Gasteiger partial charge in [0, 0.05) is 6.61 Å². The Bertz CT molecular complexity index is 1170. The number of rotatable bonds is 21. The Labute approximate surface area is 261 Å². The van der Waals surface area contributed by atoms with Crippen molar-refractivity contribution in [2.24, 2.45) is 0 Å². The number of benzene rings is 3. The van der Waals surface area contributed by atoms with E-state index in [1.165, 1.54) is 56.9 Å². The zero-order valence-electron chi connectivity index (χ0n) is 27.1. The Hall–Kier alpha value is -3.11. The van der Waals surface area contributed by atoms with E-state index in [0.717, 1.165) is 49.8 Å². The van der Waals surface area contributed by atoms with E-state index in [1.54, 1.807) is 0 Å². The third-order valence-electron chi connectivity index (χ3n) is 8.04. The molecule has 0 heterocycles. The van der Waals surface area contributed by atoms with Crippen molar-refractivity contribution in [3.8, 4) is 22.6 Å². The molecule has 3 aromatic carbocycles. The third-order valence-corrected chi connectivity index (χ3v) is 8.04. The van der Waals surface area contributed by atoms with Gasteiger partial charge in [-0.15, -0.1) is 0 Å². The summed E-state index contributed by atoms with van der Waals surface area (Å²) in [4.78, 5) is 13.1. The Morgan fingerprint density at radius 1 is 0.628 bits per heavy atom. The SMILES string of the molecule is CCCCCCCCC(CCC)Oc1ccccc1OC(=O)c1ccc(-c2ccc(C(C)OCCCCCC)cc2)cc1. The van der Waals surface area contributed by atoms with Gasteiger partial charge < -0.3 is 14.2 Å². The van der Waals surface area contributed by atoms with Gasteiger partial charge in [0.2, 0.25) is 0 Å². The van der Waals surface area contributed by atoms with E-state index in [0.29, 0.717) is 17.1 Å². The molecule has 4 nitrogen and oxygen atoms in total. The van der Waals surface area contributed by atoms with Crippen LogP contribution in [0.4, 0.5) is 0 Å². The van der Waals surface area contributed by atoms with Gasteiger partial charge in [0.05, 0.1) is 17.8 Å². The molecule has 2 unspecified atom stereocenters. The average Bonchev–Trinajstić information content (AvgIpc) is 3.03. The normalized spacial score (nSPS) is 12.6. The lowest BCUT2D eigenvalue weighted by atomic mass is 10.0. The summed E-state index contributed by atoms with van der Waals surface area (Å²) in [6, 6.07) is 23.6. The van der Waals surface area contributed by atoms with E-state index in [4.69, 9.17) is 14.2 Å². The highest BCUT2D eigenvalue weighted by Crippen LogP contribution is 2.31. The van der Waals surface area contributed by atoms with Crippen molar-refractivity contribution in [3.05, 3.63) is 83.9 Å². The summed E-state index contributed by atoms with van der Waals surface area (Å²) in [5, 5.41) is 0. The minimum atomic E-state index is -0.383. The molecule has 0 aliphatic rings. The molecule has 0 aromatic heterocycles. The van der Waals surface area contributed by atoms with Crippen LogP contribution >= 0.6 is 0 Å². The first kappa shape index (κ1) is 34.4. The molecule has 0 aliphatic heterocycles. The fourth-order valence-corrected chi connectivity index (χ4v) is 5.34. The van der Waals surface area contributed by atoms with Gasteiger partial charge in [-0.3, -0.25) is 0 Å². The summed E-state index contributed by atoms with van der Waals surface area (Å²) < 4.78 is 18.3. The van der Waals surface area contributed by atoms with Crippen LogP contribution in [0.25, 0.3) is 11.1 Å². The lowest BCUT2D eigenvalue weighted by Gasteiger charge is -2.20. The number of carbonyl (C=O) groups is 1. The van der Waals surface area contributed by atoms with Crippen LogP contribution in [-0.2, 0) is 4.74 Å². The number of ether oxygens (including phenoxy) is 3. The Kier molecular flexibility index (Phi) is 16.0. The molecular formula is C39H54O4. The van der Waals surface area contributed by atoms with Crippen molar-refractivity contribution in [1.82, 2.24) is 0 Å². The monoisotopic (exact) mass is 586 g/mol. The van der Waals surface area contributed by atoms with Crippen LogP contribution in [0.2, 0.25) is 0 Å². The number of hydrogen-bond acceptors (Lipinski definition) is 4. The van der Waals surface area contributed by atoms with Crippen LogP contribution in [0.15, 0.2) is 72.8 Å². The lowest BCUT2D eigenvalue weighted by molar-refractivity contribution is 0.0628. The molecule has 0 radical (unpaired) electrons. The van der Waals surface area contributed by atoms with Crippen LogP contribution in [0.3, 0.4) is 0 Å². The fraction of sp³-hybridized carbons (Fsp3) is 0.513. The molecule has 0 aliphatic carbocycles. The van der Waals surface area contributed by atoms with Crippen molar-refractivity contribution >= 4 is 5.97 Å². The fourth-order valence-electron chi connectivity index (χ4n) is 5.34. The minimum Gasteiger partial charge on any atom is -0.487 e. The Balaban J connectivity index is 1.55. The number of esters is 1. The average molecular weight is 587 g/mol. The highest BCUT2D eigenvalue weighted by molar-refractivity contribution is 5.92. The summed E-state index contributed by atoms with van der Waals surface area (Å²) in [6.45, 7) is 9.57. The van der Waals surface area contributed by atoms with Crippen molar-refractivity contribution in [2.45, 2.75) is 123 Å². The van der Waals surface area contributed by atoms with Gasteiger partial charge in [0.1, 0.15) is 0 Å². The minimum absolute atomic E-state index is 0.0764. The maximum absolute atomic E-state index is 13.1. The van der Waals surface area contributed by atoms with Crippen LogP contribution in [0.5, 0.6) is 11.5 Å². The molecule has 3 rings (SSSR count). The van der Waals surface area contributed by atoms with Gasteiger partial charge in [-0.2, -0.15) is 0 Å². The Morgan fingerprint density at radius 3 is 1.86 bits per heavy atom. The smallest absolute Gasteiger partial charge is 0.343 e. The van der Waals surface area contributed by atoms with Crippen molar-refractivity contribution in [2.75, 3.05) is 6.61 Å². The second-order valence-corrected chi connectivity index (χ2v) is 11.7. The van der Waals surface area contributed by atoms with Crippen LogP contribution in [0, 0.1) is 0 Å². The second kappa shape index (κ2) is 20.0. The first-order valence-electron chi connectivity index (χ1n) is 16.9. The van der Waals surface area contributed by atoms with E-state index in [2.05, 4.69) is 52.0 Å². The van der Waals surface area contributed by atoms with Gasteiger partial charge >= 0.3 is 5.97 Å². The number of unbranched alkanes of at least 4 members (excludes halogenated alkanes) is 8. The van der Waals surface area contributed by atoms with Gasteiger partial charge in [-0.25, -0.2) is 4.79 Å². The zero-order valence-corrected chi connectivity index (χ0v) is 27.1. The topological polar surface area (TPSA) is 44.8 Å². The summed E-state index contributed by atoms with van der Waals surface area (Å²) in [7, 11) is 0. The molecule has 234 valence electrons. The predicted molar refractivity (Wildman–Crippen MR) is 179 cm³/mol. The highest BCUT2D eigenvalue weighted by Gasteiger charge is 2.16. The maximum atomic E-state index is 13.1. The van der Waals surface area contributed by atoms with E-state index in [1.807, 2.05) is 48.5 Å². The molecule has 4 heteroatoms. The molecule has 0 N–H and O–H groups in total. The molecule has 0 amide bonds. The van der Waals surface area contributed by atoms with Crippen LogP contribution in [0.1, 0.15) is 133 Å². The van der Waals surface area contributed by atoms with Crippen molar-refractivity contribution < 1.29 is 19.0 Å². The summed E-state index contributed by atoms with van der Waals surface area (Å²) in [6.07, 6.45) is 15.7. The molecule has 3 aromatic rings. The second-order valence-electron chi connectivity index (χ2n) is 11.7. The van der Waals surface area contributed by atoms with Gasteiger partial charge in [0.25, 0.3) is 0 Å². The summed E-state index contributed by atoms with van der Waals surface area (Å²) in [5.41, 5.74) is 3.84. The highest BCUT2D eigenvalue weighted by atomic mass is 16.6. The molecular weight excluding hydrogens is 532 g/mol. The quantitative estimate of drug-likeness (QED) is 0.0707. The molecule has 0 saturated heterocycles. The van der Waals surface area contributed by atoms with E-state index < -0.39 is 0 Å². The molecule has 43 heavy (non-hydrogen) atoms. The summed E-state index contributed by atoms with van der Waals surface area (Å²) >= 11 is 0. The van der Waals surface area contributed by atoms with E-state index in [-0.39, 0.29) is 18.2 Å². The standard InChI is InChI=1S/C39H54O4/c1-5-8-10-12-13-14-19-36(18-7-3)42-37-20-15-16-21-38(37)43-39(40)35-28-26-34(27-29-35)33-24-22-32(23-25-33)31(4)41-30-17-11-9-6-2/h15-16,20-29,31,36H,5-14,17-19,30H2,1-4H3.